The van der Waals surface area contributed by atoms with Gasteiger partial charge in [0.15, 0.2) is 6.61 Å². The summed E-state index contributed by atoms with van der Waals surface area (Å²) >= 11 is 0. The largest absolute Gasteiger partial charge is 0.496 e. The summed E-state index contributed by atoms with van der Waals surface area (Å²) in [5, 5.41) is 3.91. The highest BCUT2D eigenvalue weighted by molar-refractivity contribution is 5.85. The number of benzene rings is 2. The Morgan fingerprint density at radius 3 is 2.61 bits per heavy atom. The molecule has 2 aromatic carbocycles. The molecule has 0 spiro atoms. The molecule has 5 heteroatoms. The molecule has 0 bridgehead atoms. The zero-order valence-corrected chi connectivity index (χ0v) is 13.3. The molecule has 0 atom stereocenters. The molecule has 0 unspecified atom stereocenters. The van der Waals surface area contributed by atoms with E-state index in [0.29, 0.717) is 11.5 Å². The van der Waals surface area contributed by atoms with Crippen LogP contribution in [0.3, 0.4) is 0 Å². The number of methoxy groups -OCH3 is 1. The topological polar surface area (TPSA) is 59.9 Å². The first-order chi connectivity index (χ1) is 11.2. The molecule has 1 N–H and O–H groups in total. The standard InChI is InChI=1S/C18H20N2O3/c1-3-14-8-10-16(11-9-14)23-13-18(21)20-19-12-15-6-4-5-7-17(15)22-2/h4-12H,3,13H2,1-2H3,(H,20,21). The summed E-state index contributed by atoms with van der Waals surface area (Å²) in [7, 11) is 1.59. The molecule has 0 aliphatic rings. The maximum absolute atomic E-state index is 11.7. The number of aryl methyl sites for hydroxylation is 1. The number of carbonyl (C=O) groups excluding carboxylic acids is 1. The second-order valence-corrected chi connectivity index (χ2v) is 4.82. The van der Waals surface area contributed by atoms with Crippen LogP contribution in [-0.2, 0) is 11.2 Å². The fourth-order valence-electron chi connectivity index (χ4n) is 1.95. The van der Waals surface area contributed by atoms with E-state index in [0.717, 1.165) is 12.0 Å². The lowest BCUT2D eigenvalue weighted by molar-refractivity contribution is -0.123. The van der Waals surface area contributed by atoms with Gasteiger partial charge in [0, 0.05) is 5.56 Å². The van der Waals surface area contributed by atoms with Gasteiger partial charge in [-0.3, -0.25) is 4.79 Å². The van der Waals surface area contributed by atoms with Gasteiger partial charge in [-0.2, -0.15) is 5.10 Å². The molecule has 23 heavy (non-hydrogen) atoms. The van der Waals surface area contributed by atoms with Crippen molar-refractivity contribution >= 4 is 12.1 Å². The van der Waals surface area contributed by atoms with Gasteiger partial charge in [-0.25, -0.2) is 5.43 Å². The molecule has 0 aliphatic heterocycles. The van der Waals surface area contributed by atoms with Crippen molar-refractivity contribution in [3.05, 3.63) is 59.7 Å². The molecule has 0 aromatic heterocycles. The first-order valence-electron chi connectivity index (χ1n) is 7.39. The van der Waals surface area contributed by atoms with Crippen molar-refractivity contribution < 1.29 is 14.3 Å². The van der Waals surface area contributed by atoms with Crippen LogP contribution in [0, 0.1) is 0 Å². The number of nitrogens with zero attached hydrogens (tertiary/aromatic N) is 1. The zero-order valence-electron chi connectivity index (χ0n) is 13.3. The molecule has 2 rings (SSSR count). The highest BCUT2D eigenvalue weighted by Gasteiger charge is 2.02. The van der Waals surface area contributed by atoms with Crippen molar-refractivity contribution in [2.45, 2.75) is 13.3 Å². The summed E-state index contributed by atoms with van der Waals surface area (Å²) in [6.07, 6.45) is 2.51. The van der Waals surface area contributed by atoms with Crippen molar-refractivity contribution in [2.24, 2.45) is 5.10 Å². The van der Waals surface area contributed by atoms with Crippen LogP contribution in [0.5, 0.6) is 11.5 Å². The number of nitrogens with one attached hydrogen (secondary N) is 1. The first kappa shape index (κ1) is 16.5. The van der Waals surface area contributed by atoms with Crippen LogP contribution in [-0.4, -0.2) is 25.8 Å². The minimum absolute atomic E-state index is 0.0886. The number of hydrogen-bond acceptors (Lipinski definition) is 4. The molecule has 0 radical (unpaired) electrons. The van der Waals surface area contributed by atoms with Gasteiger partial charge in [0.2, 0.25) is 0 Å². The Kier molecular flexibility index (Phi) is 6.17. The fraction of sp³-hybridized carbons (Fsp3) is 0.222. The van der Waals surface area contributed by atoms with Crippen LogP contribution < -0.4 is 14.9 Å². The minimum Gasteiger partial charge on any atom is -0.496 e. The molecule has 120 valence electrons. The van der Waals surface area contributed by atoms with Crippen molar-refractivity contribution in [3.8, 4) is 11.5 Å². The van der Waals surface area contributed by atoms with E-state index >= 15 is 0 Å². The Hall–Kier alpha value is -2.82. The molecule has 1 amide bonds. The van der Waals surface area contributed by atoms with Crippen LogP contribution in [0.2, 0.25) is 0 Å². The Morgan fingerprint density at radius 2 is 1.91 bits per heavy atom. The molecule has 0 fully saturated rings. The van der Waals surface area contributed by atoms with Gasteiger partial charge in [-0.1, -0.05) is 31.2 Å². The summed E-state index contributed by atoms with van der Waals surface area (Å²) in [4.78, 5) is 11.7. The number of carbonyl (C=O) groups is 1. The van der Waals surface area contributed by atoms with E-state index in [9.17, 15) is 4.79 Å². The lowest BCUT2D eigenvalue weighted by Gasteiger charge is -2.06. The number of rotatable bonds is 7. The third-order valence-electron chi connectivity index (χ3n) is 3.23. The summed E-state index contributed by atoms with van der Waals surface area (Å²) in [5.74, 6) is 1.03. The Bertz CT molecular complexity index is 666. The van der Waals surface area contributed by atoms with Crippen LogP contribution in [0.15, 0.2) is 53.6 Å². The lowest BCUT2D eigenvalue weighted by atomic mass is 10.2. The van der Waals surface area contributed by atoms with Crippen LogP contribution >= 0.6 is 0 Å². The van der Waals surface area contributed by atoms with Crippen molar-refractivity contribution in [2.75, 3.05) is 13.7 Å². The number of hydrogen-bond donors (Lipinski definition) is 1. The second kappa shape index (κ2) is 8.58. The summed E-state index contributed by atoms with van der Waals surface area (Å²) < 4.78 is 10.6. The molecular weight excluding hydrogens is 292 g/mol. The molecule has 0 saturated carbocycles. The van der Waals surface area contributed by atoms with Gasteiger partial charge in [0.1, 0.15) is 11.5 Å². The Labute approximate surface area is 135 Å². The Balaban J connectivity index is 1.81. The quantitative estimate of drug-likeness (QED) is 0.632. The first-order valence-corrected chi connectivity index (χ1v) is 7.39. The lowest BCUT2D eigenvalue weighted by Crippen LogP contribution is -2.24. The fourth-order valence-corrected chi connectivity index (χ4v) is 1.95. The molecule has 5 nitrogen and oxygen atoms in total. The number of hydrazone groups is 1. The maximum atomic E-state index is 11.7. The Morgan fingerprint density at radius 1 is 1.17 bits per heavy atom. The average molecular weight is 312 g/mol. The highest BCUT2D eigenvalue weighted by Crippen LogP contribution is 2.14. The number of para-hydroxylation sites is 1. The van der Waals surface area contributed by atoms with Gasteiger partial charge in [0.05, 0.1) is 13.3 Å². The predicted molar refractivity (Wildman–Crippen MR) is 90.0 cm³/mol. The minimum atomic E-state index is -0.323. The number of amides is 1. The average Bonchev–Trinajstić information content (AvgIpc) is 2.61. The monoisotopic (exact) mass is 312 g/mol. The van der Waals surface area contributed by atoms with Crippen LogP contribution in [0.25, 0.3) is 0 Å². The van der Waals surface area contributed by atoms with E-state index in [4.69, 9.17) is 9.47 Å². The van der Waals surface area contributed by atoms with Gasteiger partial charge in [-0.05, 0) is 36.2 Å². The molecular formula is C18H20N2O3. The predicted octanol–water partition coefficient (Wildman–Crippen LogP) is 2.79. The van der Waals surface area contributed by atoms with E-state index in [-0.39, 0.29) is 12.5 Å². The van der Waals surface area contributed by atoms with Gasteiger partial charge >= 0.3 is 0 Å². The summed E-state index contributed by atoms with van der Waals surface area (Å²) in [5.41, 5.74) is 4.43. The van der Waals surface area contributed by atoms with E-state index in [1.165, 1.54) is 11.8 Å². The van der Waals surface area contributed by atoms with Crippen LogP contribution in [0.1, 0.15) is 18.1 Å². The van der Waals surface area contributed by atoms with Crippen LogP contribution in [0.4, 0.5) is 0 Å². The van der Waals surface area contributed by atoms with E-state index in [1.807, 2.05) is 48.5 Å². The van der Waals surface area contributed by atoms with Crippen molar-refractivity contribution in [3.63, 3.8) is 0 Å². The SMILES string of the molecule is CCc1ccc(OCC(=O)NN=Cc2ccccc2OC)cc1. The van der Waals surface area contributed by atoms with E-state index in [1.54, 1.807) is 7.11 Å². The maximum Gasteiger partial charge on any atom is 0.277 e. The van der Waals surface area contributed by atoms with Gasteiger partial charge in [0.25, 0.3) is 5.91 Å². The third-order valence-corrected chi connectivity index (χ3v) is 3.23. The zero-order chi connectivity index (χ0) is 16.5. The molecule has 2 aromatic rings. The van der Waals surface area contributed by atoms with Crippen molar-refractivity contribution in [1.82, 2.24) is 5.43 Å². The third kappa shape index (κ3) is 5.14. The molecule has 0 aliphatic carbocycles. The smallest absolute Gasteiger partial charge is 0.277 e. The number of ether oxygens (including phenoxy) is 2. The van der Waals surface area contributed by atoms with Gasteiger partial charge in [-0.15, -0.1) is 0 Å². The summed E-state index contributed by atoms with van der Waals surface area (Å²) in [6, 6.07) is 15.1. The van der Waals surface area contributed by atoms with E-state index < -0.39 is 0 Å². The molecule has 0 heterocycles. The van der Waals surface area contributed by atoms with Gasteiger partial charge < -0.3 is 9.47 Å². The van der Waals surface area contributed by atoms with E-state index in [2.05, 4.69) is 17.5 Å². The molecule has 0 saturated heterocycles. The second-order valence-electron chi connectivity index (χ2n) is 4.82. The summed E-state index contributed by atoms with van der Waals surface area (Å²) in [6.45, 7) is 2.00. The normalized spacial score (nSPS) is 10.5. The highest BCUT2D eigenvalue weighted by atomic mass is 16.5. The van der Waals surface area contributed by atoms with Crippen molar-refractivity contribution in [1.29, 1.82) is 0 Å².